The summed E-state index contributed by atoms with van der Waals surface area (Å²) in [6, 6.07) is 7.07. The number of fused-ring (bicyclic) bond motifs is 1. The van der Waals surface area contributed by atoms with Gasteiger partial charge < -0.3 is 9.47 Å². The Morgan fingerprint density at radius 3 is 3.07 bits per heavy atom. The van der Waals surface area contributed by atoms with Crippen LogP contribution >= 0.6 is 0 Å². The van der Waals surface area contributed by atoms with E-state index in [9.17, 15) is 4.79 Å². The van der Waals surface area contributed by atoms with E-state index in [0.717, 1.165) is 0 Å². The van der Waals surface area contributed by atoms with Gasteiger partial charge in [0.1, 0.15) is 24.0 Å². The fourth-order valence-corrected chi connectivity index (χ4v) is 1.55. The zero-order valence-electron chi connectivity index (χ0n) is 8.19. The maximum Gasteiger partial charge on any atom is 0.191 e. The number of benzene rings is 1. The van der Waals surface area contributed by atoms with Crippen LogP contribution in [0.3, 0.4) is 0 Å². The molecule has 1 atom stereocenters. The molecule has 15 heavy (non-hydrogen) atoms. The first-order valence-corrected chi connectivity index (χ1v) is 4.49. The maximum absolute atomic E-state index is 11.4. The minimum atomic E-state index is -0.709. The van der Waals surface area contributed by atoms with E-state index in [1.807, 2.05) is 6.07 Å². The van der Waals surface area contributed by atoms with E-state index in [1.165, 1.54) is 0 Å². The summed E-state index contributed by atoms with van der Waals surface area (Å²) in [5, 5.41) is 8.88. The highest BCUT2D eigenvalue weighted by Crippen LogP contribution is 2.34. The molecule has 0 aliphatic carbocycles. The Hall–Kier alpha value is -2.02. The van der Waals surface area contributed by atoms with Gasteiger partial charge in [-0.3, -0.25) is 4.79 Å². The number of ether oxygens (including phenoxy) is 2. The van der Waals surface area contributed by atoms with Crippen molar-refractivity contribution in [2.45, 2.75) is 5.92 Å². The Balaban J connectivity index is 2.48. The summed E-state index contributed by atoms with van der Waals surface area (Å²) < 4.78 is 10.3. The molecule has 1 aromatic carbocycles. The number of nitriles is 1. The van der Waals surface area contributed by atoms with Gasteiger partial charge in [0.05, 0.1) is 13.2 Å². The van der Waals surface area contributed by atoms with E-state index >= 15 is 0 Å². The maximum atomic E-state index is 11.4. The van der Waals surface area contributed by atoms with Gasteiger partial charge in [0.2, 0.25) is 0 Å². The topological polar surface area (TPSA) is 59.3 Å². The molecule has 0 aromatic heterocycles. The molecule has 0 spiro atoms. The smallest absolute Gasteiger partial charge is 0.191 e. The zero-order valence-corrected chi connectivity index (χ0v) is 8.19. The first kappa shape index (κ1) is 9.53. The zero-order chi connectivity index (χ0) is 10.8. The van der Waals surface area contributed by atoms with Crippen molar-refractivity contribution in [3.63, 3.8) is 0 Å². The highest BCUT2D eigenvalue weighted by molar-refractivity contribution is 5.91. The van der Waals surface area contributed by atoms with E-state index in [2.05, 4.69) is 0 Å². The van der Waals surface area contributed by atoms with Gasteiger partial charge in [-0.15, -0.1) is 0 Å². The molecule has 1 unspecified atom stereocenters. The number of methoxy groups -OCH3 is 1. The van der Waals surface area contributed by atoms with Gasteiger partial charge in [-0.05, 0) is 12.1 Å². The minimum absolute atomic E-state index is 0.0433. The van der Waals surface area contributed by atoms with Crippen molar-refractivity contribution in [3.8, 4) is 17.6 Å². The molecule has 0 radical (unpaired) electrons. The van der Waals surface area contributed by atoms with Gasteiger partial charge in [-0.1, -0.05) is 0 Å². The van der Waals surface area contributed by atoms with Gasteiger partial charge in [-0.25, -0.2) is 0 Å². The molecule has 4 heteroatoms. The van der Waals surface area contributed by atoms with Gasteiger partial charge >= 0.3 is 0 Å². The van der Waals surface area contributed by atoms with E-state index < -0.39 is 5.92 Å². The Morgan fingerprint density at radius 2 is 2.40 bits per heavy atom. The van der Waals surface area contributed by atoms with Crippen molar-refractivity contribution in [1.29, 1.82) is 5.26 Å². The third-order valence-electron chi connectivity index (χ3n) is 2.35. The lowest BCUT2D eigenvalue weighted by Gasteiger charge is -2.20. The average molecular weight is 203 g/mol. The van der Waals surface area contributed by atoms with Crippen LogP contribution in [0.2, 0.25) is 0 Å². The molecule has 1 aliphatic rings. The predicted octanol–water partition coefficient (Wildman–Crippen LogP) is 1.26. The molecule has 1 aromatic rings. The van der Waals surface area contributed by atoms with Gasteiger partial charge in [0.25, 0.3) is 0 Å². The fraction of sp³-hybridized carbons (Fsp3) is 0.273. The SMILES string of the molecule is COc1ccc2c(c1)OCC(=O)C2C#N. The lowest BCUT2D eigenvalue weighted by atomic mass is 9.93. The molecule has 0 saturated carbocycles. The summed E-state index contributed by atoms with van der Waals surface area (Å²) in [4.78, 5) is 11.4. The number of rotatable bonds is 1. The molecule has 2 rings (SSSR count). The van der Waals surface area contributed by atoms with Crippen LogP contribution in [0, 0.1) is 11.3 Å². The Bertz CT molecular complexity index is 448. The van der Waals surface area contributed by atoms with Crippen molar-refractivity contribution >= 4 is 5.78 Å². The number of carbonyl (C=O) groups excluding carboxylic acids is 1. The molecule has 1 heterocycles. The van der Waals surface area contributed by atoms with Crippen LogP contribution in [0.5, 0.6) is 11.5 Å². The van der Waals surface area contributed by atoms with Crippen LogP contribution in [-0.4, -0.2) is 19.5 Å². The largest absolute Gasteiger partial charge is 0.497 e. The van der Waals surface area contributed by atoms with Crippen molar-refractivity contribution in [3.05, 3.63) is 23.8 Å². The third kappa shape index (κ3) is 1.52. The summed E-state index contributed by atoms with van der Waals surface area (Å²) in [6.45, 7) is -0.0433. The second-order valence-corrected chi connectivity index (χ2v) is 3.22. The molecule has 0 fully saturated rings. The molecular weight excluding hydrogens is 194 g/mol. The van der Waals surface area contributed by atoms with Crippen LogP contribution in [0.4, 0.5) is 0 Å². The van der Waals surface area contributed by atoms with Crippen molar-refractivity contribution in [2.24, 2.45) is 0 Å². The van der Waals surface area contributed by atoms with E-state index in [1.54, 1.807) is 25.3 Å². The van der Waals surface area contributed by atoms with E-state index in [0.29, 0.717) is 17.1 Å². The number of carbonyl (C=O) groups is 1. The monoisotopic (exact) mass is 203 g/mol. The lowest BCUT2D eigenvalue weighted by molar-refractivity contribution is -0.122. The second kappa shape index (κ2) is 3.62. The highest BCUT2D eigenvalue weighted by atomic mass is 16.5. The van der Waals surface area contributed by atoms with Crippen LogP contribution < -0.4 is 9.47 Å². The molecule has 76 valence electrons. The summed E-state index contributed by atoms with van der Waals surface area (Å²) in [5.74, 6) is 0.301. The van der Waals surface area contributed by atoms with Crippen molar-refractivity contribution in [1.82, 2.24) is 0 Å². The van der Waals surface area contributed by atoms with E-state index in [4.69, 9.17) is 14.7 Å². The van der Waals surface area contributed by atoms with Gasteiger partial charge in [-0.2, -0.15) is 5.26 Å². The number of Topliss-reactive ketones (excluding diaryl/α,β-unsaturated/α-hetero) is 1. The minimum Gasteiger partial charge on any atom is -0.497 e. The van der Waals surface area contributed by atoms with Crippen LogP contribution in [0.25, 0.3) is 0 Å². The molecule has 1 aliphatic heterocycles. The first-order valence-electron chi connectivity index (χ1n) is 4.49. The molecule has 0 bridgehead atoms. The second-order valence-electron chi connectivity index (χ2n) is 3.22. The molecule has 0 N–H and O–H groups in total. The lowest BCUT2D eigenvalue weighted by Crippen LogP contribution is -2.24. The Labute approximate surface area is 87.0 Å². The molecule has 4 nitrogen and oxygen atoms in total. The third-order valence-corrected chi connectivity index (χ3v) is 2.35. The first-order chi connectivity index (χ1) is 7.26. The standard InChI is InChI=1S/C11H9NO3/c1-14-7-2-3-8-9(5-12)10(13)6-15-11(8)4-7/h2-4,9H,6H2,1H3. The van der Waals surface area contributed by atoms with Crippen molar-refractivity contribution < 1.29 is 14.3 Å². The fourth-order valence-electron chi connectivity index (χ4n) is 1.55. The highest BCUT2D eigenvalue weighted by Gasteiger charge is 2.28. The molecule has 0 saturated heterocycles. The normalized spacial score (nSPS) is 18.7. The Kier molecular flexibility index (Phi) is 2.30. The van der Waals surface area contributed by atoms with E-state index in [-0.39, 0.29) is 12.4 Å². The predicted molar refractivity (Wildman–Crippen MR) is 51.9 cm³/mol. The van der Waals surface area contributed by atoms with Crippen LogP contribution in [-0.2, 0) is 4.79 Å². The molecule has 0 amide bonds. The quantitative estimate of drug-likeness (QED) is 0.689. The number of ketones is 1. The van der Waals surface area contributed by atoms with Gasteiger partial charge in [0.15, 0.2) is 5.78 Å². The number of hydrogen-bond donors (Lipinski definition) is 0. The van der Waals surface area contributed by atoms with Gasteiger partial charge in [0, 0.05) is 11.6 Å². The molecular formula is C11H9NO3. The number of hydrogen-bond acceptors (Lipinski definition) is 4. The van der Waals surface area contributed by atoms with Crippen LogP contribution in [0.15, 0.2) is 18.2 Å². The summed E-state index contributed by atoms with van der Waals surface area (Å²) >= 11 is 0. The number of nitrogens with zero attached hydrogens (tertiary/aromatic N) is 1. The van der Waals surface area contributed by atoms with Crippen LogP contribution in [0.1, 0.15) is 11.5 Å². The summed E-state index contributed by atoms with van der Waals surface area (Å²) in [5.41, 5.74) is 0.620. The summed E-state index contributed by atoms with van der Waals surface area (Å²) in [7, 11) is 1.55. The summed E-state index contributed by atoms with van der Waals surface area (Å²) in [6.07, 6.45) is 0. The van der Waals surface area contributed by atoms with Crippen molar-refractivity contribution in [2.75, 3.05) is 13.7 Å². The Morgan fingerprint density at radius 1 is 1.60 bits per heavy atom. The average Bonchev–Trinajstić information content (AvgIpc) is 2.28.